The summed E-state index contributed by atoms with van der Waals surface area (Å²) < 4.78 is 18.9. The molecule has 0 saturated heterocycles. The molecule has 144 valence electrons. The standard InChI is InChI=1S/C19H24FN5O2/c1-3-22-19(24-13-18(26)25-16-7-5-9-21-12-16)23-11-14(2)27-17-8-4-6-15(20)10-17/h4-10,12,14H,3,11,13H2,1-2H3,(H,25,26)(H2,22,23,24). The maximum absolute atomic E-state index is 13.2. The first-order valence-electron chi connectivity index (χ1n) is 8.71. The van der Waals surface area contributed by atoms with Gasteiger partial charge in [-0.25, -0.2) is 9.38 Å². The van der Waals surface area contributed by atoms with Crippen LogP contribution in [-0.2, 0) is 4.79 Å². The van der Waals surface area contributed by atoms with Gasteiger partial charge in [0.1, 0.15) is 24.2 Å². The van der Waals surface area contributed by atoms with Crippen molar-refractivity contribution in [2.75, 3.05) is 25.0 Å². The number of nitrogens with zero attached hydrogens (tertiary/aromatic N) is 2. The molecule has 8 heteroatoms. The number of amides is 1. The van der Waals surface area contributed by atoms with Crippen molar-refractivity contribution in [2.24, 2.45) is 4.99 Å². The summed E-state index contributed by atoms with van der Waals surface area (Å²) in [7, 11) is 0. The largest absolute Gasteiger partial charge is 0.489 e. The van der Waals surface area contributed by atoms with Gasteiger partial charge in [-0.3, -0.25) is 9.78 Å². The summed E-state index contributed by atoms with van der Waals surface area (Å²) in [4.78, 5) is 20.2. The van der Waals surface area contributed by atoms with Gasteiger partial charge in [-0.15, -0.1) is 0 Å². The van der Waals surface area contributed by atoms with Gasteiger partial charge in [0.05, 0.1) is 18.4 Å². The molecule has 0 aliphatic carbocycles. The molecule has 1 aromatic heterocycles. The number of pyridine rings is 1. The van der Waals surface area contributed by atoms with Crippen LogP contribution in [0.5, 0.6) is 5.75 Å². The van der Waals surface area contributed by atoms with Crippen LogP contribution in [0.1, 0.15) is 13.8 Å². The Hall–Kier alpha value is -3.16. The lowest BCUT2D eigenvalue weighted by atomic mass is 10.3. The van der Waals surface area contributed by atoms with Gasteiger partial charge in [-0.05, 0) is 38.1 Å². The number of guanidine groups is 1. The molecule has 0 aliphatic rings. The average Bonchev–Trinajstić information content (AvgIpc) is 2.65. The van der Waals surface area contributed by atoms with Crippen LogP contribution in [0.25, 0.3) is 0 Å². The predicted octanol–water partition coefficient (Wildman–Crippen LogP) is 2.18. The van der Waals surface area contributed by atoms with Gasteiger partial charge in [0.15, 0.2) is 5.96 Å². The van der Waals surface area contributed by atoms with Crippen LogP contribution in [0.15, 0.2) is 53.8 Å². The quantitative estimate of drug-likeness (QED) is 0.488. The molecule has 1 amide bonds. The number of nitrogens with one attached hydrogen (secondary N) is 3. The van der Waals surface area contributed by atoms with E-state index in [9.17, 15) is 9.18 Å². The molecule has 1 atom stereocenters. The molecule has 3 N–H and O–H groups in total. The molecular weight excluding hydrogens is 349 g/mol. The van der Waals surface area contributed by atoms with Crippen molar-refractivity contribution in [2.45, 2.75) is 20.0 Å². The zero-order valence-electron chi connectivity index (χ0n) is 15.4. The number of hydrogen-bond donors (Lipinski definition) is 3. The fourth-order valence-electron chi connectivity index (χ4n) is 2.18. The van der Waals surface area contributed by atoms with E-state index in [-0.39, 0.29) is 24.4 Å². The van der Waals surface area contributed by atoms with E-state index in [2.05, 4.69) is 25.9 Å². The molecule has 7 nitrogen and oxygen atoms in total. The number of hydrogen-bond acceptors (Lipinski definition) is 4. The van der Waals surface area contributed by atoms with E-state index in [0.29, 0.717) is 30.5 Å². The first-order chi connectivity index (χ1) is 13.1. The predicted molar refractivity (Wildman–Crippen MR) is 103 cm³/mol. The minimum Gasteiger partial charge on any atom is -0.489 e. The summed E-state index contributed by atoms with van der Waals surface area (Å²) in [6.07, 6.45) is 2.98. The molecule has 2 rings (SSSR count). The van der Waals surface area contributed by atoms with Gasteiger partial charge in [0.25, 0.3) is 0 Å². The van der Waals surface area contributed by atoms with E-state index in [1.807, 2.05) is 13.8 Å². The zero-order chi connectivity index (χ0) is 19.5. The number of halogens is 1. The third-order valence-corrected chi connectivity index (χ3v) is 3.36. The highest BCUT2D eigenvalue weighted by Crippen LogP contribution is 2.13. The van der Waals surface area contributed by atoms with Crippen molar-refractivity contribution in [3.8, 4) is 5.75 Å². The zero-order valence-corrected chi connectivity index (χ0v) is 15.4. The summed E-state index contributed by atoms with van der Waals surface area (Å²) in [5.41, 5.74) is 0.618. The van der Waals surface area contributed by atoms with Gasteiger partial charge in [-0.2, -0.15) is 0 Å². The van der Waals surface area contributed by atoms with Crippen LogP contribution in [0.2, 0.25) is 0 Å². The van der Waals surface area contributed by atoms with Crippen molar-refractivity contribution < 1.29 is 13.9 Å². The Labute approximate surface area is 158 Å². The highest BCUT2D eigenvalue weighted by Gasteiger charge is 2.07. The molecule has 0 bridgehead atoms. The summed E-state index contributed by atoms with van der Waals surface area (Å²) in [6, 6.07) is 9.48. The third-order valence-electron chi connectivity index (χ3n) is 3.36. The smallest absolute Gasteiger partial charge is 0.246 e. The van der Waals surface area contributed by atoms with Crippen molar-refractivity contribution >= 4 is 17.6 Å². The number of aliphatic imine (C=N–C) groups is 1. The molecule has 27 heavy (non-hydrogen) atoms. The van der Waals surface area contributed by atoms with Gasteiger partial charge in [0.2, 0.25) is 5.91 Å². The lowest BCUT2D eigenvalue weighted by Crippen LogP contribution is -2.42. The van der Waals surface area contributed by atoms with E-state index in [1.165, 1.54) is 12.1 Å². The summed E-state index contributed by atoms with van der Waals surface area (Å²) in [5.74, 6) is 0.363. The van der Waals surface area contributed by atoms with E-state index in [1.54, 1.807) is 36.7 Å². The fourth-order valence-corrected chi connectivity index (χ4v) is 2.18. The lowest BCUT2D eigenvalue weighted by Gasteiger charge is -2.17. The average molecular weight is 373 g/mol. The molecule has 0 saturated carbocycles. The van der Waals surface area contributed by atoms with E-state index >= 15 is 0 Å². The minimum atomic E-state index is -0.345. The molecule has 1 heterocycles. The van der Waals surface area contributed by atoms with Crippen LogP contribution in [0.4, 0.5) is 10.1 Å². The van der Waals surface area contributed by atoms with Crippen molar-refractivity contribution in [3.05, 3.63) is 54.6 Å². The monoisotopic (exact) mass is 373 g/mol. The third kappa shape index (κ3) is 7.72. The second kappa shape index (κ2) is 10.7. The molecule has 0 radical (unpaired) electrons. The summed E-state index contributed by atoms with van der Waals surface area (Å²) in [6.45, 7) is 4.83. The van der Waals surface area contributed by atoms with E-state index < -0.39 is 0 Å². The molecule has 0 spiro atoms. The minimum absolute atomic E-state index is 0.0383. The van der Waals surface area contributed by atoms with Gasteiger partial charge in [0, 0.05) is 18.8 Å². The number of aromatic nitrogens is 1. The fraction of sp³-hybridized carbons (Fsp3) is 0.316. The molecule has 2 aromatic rings. The maximum atomic E-state index is 13.2. The summed E-state index contributed by atoms with van der Waals surface area (Å²) >= 11 is 0. The highest BCUT2D eigenvalue weighted by molar-refractivity contribution is 5.93. The van der Waals surface area contributed by atoms with Gasteiger partial charge in [-0.1, -0.05) is 6.07 Å². The Bertz CT molecular complexity index is 755. The first-order valence-corrected chi connectivity index (χ1v) is 8.71. The Balaban J connectivity index is 1.82. The Kier molecular flexibility index (Phi) is 8.02. The lowest BCUT2D eigenvalue weighted by molar-refractivity contribution is -0.114. The SMILES string of the molecule is CCNC(=NCC(=O)Nc1cccnc1)NCC(C)Oc1cccc(F)c1. The van der Waals surface area contributed by atoms with Crippen LogP contribution >= 0.6 is 0 Å². The first kappa shape index (κ1) is 20.2. The van der Waals surface area contributed by atoms with Crippen LogP contribution in [0, 0.1) is 5.82 Å². The Morgan fingerprint density at radius 1 is 1.30 bits per heavy atom. The number of anilines is 1. The number of rotatable bonds is 8. The Morgan fingerprint density at radius 3 is 2.85 bits per heavy atom. The molecule has 0 fully saturated rings. The number of carbonyl (C=O) groups is 1. The molecule has 1 unspecified atom stereocenters. The second-order valence-corrected chi connectivity index (χ2v) is 5.75. The topological polar surface area (TPSA) is 87.6 Å². The van der Waals surface area contributed by atoms with Crippen LogP contribution in [0.3, 0.4) is 0 Å². The number of ether oxygens (including phenoxy) is 1. The van der Waals surface area contributed by atoms with Crippen molar-refractivity contribution in [1.82, 2.24) is 15.6 Å². The molecular formula is C19H24FN5O2. The molecule has 1 aromatic carbocycles. The molecule has 0 aliphatic heterocycles. The second-order valence-electron chi connectivity index (χ2n) is 5.75. The van der Waals surface area contributed by atoms with E-state index in [4.69, 9.17) is 4.74 Å². The number of carbonyl (C=O) groups excluding carboxylic acids is 1. The van der Waals surface area contributed by atoms with Crippen molar-refractivity contribution in [3.63, 3.8) is 0 Å². The maximum Gasteiger partial charge on any atom is 0.246 e. The van der Waals surface area contributed by atoms with E-state index in [0.717, 1.165) is 0 Å². The van der Waals surface area contributed by atoms with Gasteiger partial charge >= 0.3 is 0 Å². The number of benzene rings is 1. The van der Waals surface area contributed by atoms with Crippen LogP contribution < -0.4 is 20.7 Å². The van der Waals surface area contributed by atoms with Crippen molar-refractivity contribution in [1.29, 1.82) is 0 Å². The highest BCUT2D eigenvalue weighted by atomic mass is 19.1. The van der Waals surface area contributed by atoms with Crippen LogP contribution in [-0.4, -0.2) is 42.6 Å². The summed E-state index contributed by atoms with van der Waals surface area (Å²) in [5, 5.41) is 8.88. The van der Waals surface area contributed by atoms with Gasteiger partial charge < -0.3 is 20.7 Å². The Morgan fingerprint density at radius 2 is 2.15 bits per heavy atom. The normalized spacial score (nSPS) is 12.2.